The summed E-state index contributed by atoms with van der Waals surface area (Å²) < 4.78 is 5.82. The molecule has 27 heavy (non-hydrogen) atoms. The first-order chi connectivity index (χ1) is 13.1. The fourth-order valence-corrected chi connectivity index (χ4v) is 4.11. The topological polar surface area (TPSA) is 53.7 Å². The van der Waals surface area contributed by atoms with Crippen LogP contribution in [-0.2, 0) is 0 Å². The average molecular weight is 384 g/mol. The molecule has 0 spiro atoms. The summed E-state index contributed by atoms with van der Waals surface area (Å²) in [6, 6.07) is 15.3. The van der Waals surface area contributed by atoms with Crippen LogP contribution in [0.25, 0.3) is 11.0 Å². The van der Waals surface area contributed by atoms with Crippen molar-refractivity contribution in [3.8, 4) is 0 Å². The number of aryl methyl sites for hydroxylation is 1. The Kier molecular flexibility index (Phi) is 4.94. The van der Waals surface area contributed by atoms with E-state index in [9.17, 15) is 9.90 Å². The number of fused-ring (bicyclic) bond motifs is 1. The number of rotatable bonds is 3. The lowest BCUT2D eigenvalue weighted by molar-refractivity contribution is 0.0443. The van der Waals surface area contributed by atoms with Crippen LogP contribution in [0.5, 0.6) is 0 Å². The molecule has 1 unspecified atom stereocenters. The molecule has 5 heteroatoms. The van der Waals surface area contributed by atoms with Crippen molar-refractivity contribution in [1.82, 2.24) is 4.90 Å². The van der Waals surface area contributed by atoms with Crippen molar-refractivity contribution in [1.29, 1.82) is 0 Å². The van der Waals surface area contributed by atoms with Gasteiger partial charge in [-0.2, -0.15) is 0 Å². The molecule has 1 saturated heterocycles. The zero-order valence-electron chi connectivity index (χ0n) is 15.2. The highest BCUT2D eigenvalue weighted by atomic mass is 35.5. The lowest BCUT2D eigenvalue weighted by atomic mass is 9.87. The number of carbonyl (C=O) groups excluding carboxylic acids is 1. The monoisotopic (exact) mass is 383 g/mol. The maximum atomic E-state index is 13.0. The highest BCUT2D eigenvalue weighted by Gasteiger charge is 2.31. The van der Waals surface area contributed by atoms with Crippen LogP contribution in [-0.4, -0.2) is 29.0 Å². The molecule has 1 aliphatic heterocycles. The van der Waals surface area contributed by atoms with E-state index in [-0.39, 0.29) is 11.8 Å². The molecule has 4 nitrogen and oxygen atoms in total. The average Bonchev–Trinajstić information content (AvgIpc) is 3.06. The molecule has 1 aromatic heterocycles. The fourth-order valence-electron chi connectivity index (χ4n) is 3.90. The van der Waals surface area contributed by atoms with Crippen LogP contribution in [0, 0.1) is 12.8 Å². The van der Waals surface area contributed by atoms with E-state index in [0.29, 0.717) is 29.5 Å². The predicted molar refractivity (Wildman–Crippen MR) is 106 cm³/mol. The fraction of sp³-hybridized carbons (Fsp3) is 0.318. The summed E-state index contributed by atoms with van der Waals surface area (Å²) in [5.41, 5.74) is 2.32. The first-order valence-electron chi connectivity index (χ1n) is 9.26. The Labute approximate surface area is 163 Å². The van der Waals surface area contributed by atoms with Gasteiger partial charge in [-0.25, -0.2) is 0 Å². The highest BCUT2D eigenvalue weighted by Crippen LogP contribution is 2.34. The second kappa shape index (κ2) is 7.37. The van der Waals surface area contributed by atoms with Crippen molar-refractivity contribution in [3.05, 3.63) is 70.4 Å². The largest absolute Gasteiger partial charge is 0.449 e. The highest BCUT2D eigenvalue weighted by molar-refractivity contribution is 6.35. The summed E-state index contributed by atoms with van der Waals surface area (Å²) >= 11 is 6.20. The van der Waals surface area contributed by atoms with E-state index in [1.54, 1.807) is 6.07 Å². The van der Waals surface area contributed by atoms with Gasteiger partial charge in [0.1, 0.15) is 0 Å². The third-order valence-corrected chi connectivity index (χ3v) is 5.82. The van der Waals surface area contributed by atoms with Gasteiger partial charge >= 0.3 is 0 Å². The molecule has 2 heterocycles. The smallest absolute Gasteiger partial charge is 0.289 e. The van der Waals surface area contributed by atoms with Gasteiger partial charge in [0.25, 0.3) is 5.91 Å². The summed E-state index contributed by atoms with van der Waals surface area (Å²) in [4.78, 5) is 14.8. The molecular formula is C22H22ClNO3. The van der Waals surface area contributed by atoms with E-state index >= 15 is 0 Å². The molecule has 140 valence electrons. The molecule has 0 bridgehead atoms. The van der Waals surface area contributed by atoms with Crippen LogP contribution < -0.4 is 0 Å². The minimum Gasteiger partial charge on any atom is -0.449 e. The van der Waals surface area contributed by atoms with Gasteiger partial charge in [-0.05, 0) is 37.3 Å². The van der Waals surface area contributed by atoms with Gasteiger partial charge in [0.15, 0.2) is 11.3 Å². The number of nitrogens with zero attached hydrogens (tertiary/aromatic N) is 1. The van der Waals surface area contributed by atoms with Crippen LogP contribution in [0.1, 0.15) is 40.6 Å². The normalized spacial score (nSPS) is 16.6. The summed E-state index contributed by atoms with van der Waals surface area (Å²) in [6.45, 7) is 3.11. The molecule has 3 aromatic rings. The Morgan fingerprint density at radius 3 is 2.52 bits per heavy atom. The summed E-state index contributed by atoms with van der Waals surface area (Å²) in [5, 5.41) is 12.0. The minimum atomic E-state index is -0.491. The lowest BCUT2D eigenvalue weighted by Gasteiger charge is -2.34. The molecule has 0 saturated carbocycles. The summed E-state index contributed by atoms with van der Waals surface area (Å²) in [6.07, 6.45) is 1.04. The van der Waals surface area contributed by atoms with E-state index in [0.717, 1.165) is 29.4 Å². The number of amides is 1. The zero-order chi connectivity index (χ0) is 19.0. The first-order valence-corrected chi connectivity index (χ1v) is 9.64. The van der Waals surface area contributed by atoms with Crippen molar-refractivity contribution in [2.24, 2.45) is 5.92 Å². The Morgan fingerprint density at radius 1 is 1.15 bits per heavy atom. The van der Waals surface area contributed by atoms with E-state index < -0.39 is 6.10 Å². The van der Waals surface area contributed by atoms with Crippen molar-refractivity contribution in [2.45, 2.75) is 25.9 Å². The molecule has 0 radical (unpaired) electrons. The van der Waals surface area contributed by atoms with Crippen LogP contribution in [0.3, 0.4) is 0 Å². The van der Waals surface area contributed by atoms with Crippen LogP contribution >= 0.6 is 11.6 Å². The SMILES string of the molecule is Cc1c(C(=O)N2CCC(C(O)c3ccccc3)CC2)oc2c(Cl)cccc12. The number of hydrogen-bond donors (Lipinski definition) is 1. The maximum absolute atomic E-state index is 13.0. The Bertz CT molecular complexity index is 958. The number of piperidine rings is 1. The van der Waals surface area contributed by atoms with Crippen LogP contribution in [0.4, 0.5) is 0 Å². The third-order valence-electron chi connectivity index (χ3n) is 5.52. The first kappa shape index (κ1) is 18.1. The number of likely N-dealkylation sites (tertiary alicyclic amines) is 1. The molecule has 1 atom stereocenters. The molecule has 2 aromatic carbocycles. The maximum Gasteiger partial charge on any atom is 0.289 e. The van der Waals surface area contributed by atoms with E-state index in [1.165, 1.54) is 0 Å². The number of aliphatic hydroxyl groups excluding tert-OH is 1. The predicted octanol–water partition coefficient (Wildman–Crippen LogP) is 4.98. The number of aliphatic hydroxyl groups is 1. The second-order valence-corrected chi connectivity index (χ2v) is 7.57. The Morgan fingerprint density at radius 2 is 1.85 bits per heavy atom. The van der Waals surface area contributed by atoms with Gasteiger partial charge in [0.2, 0.25) is 0 Å². The van der Waals surface area contributed by atoms with E-state index in [1.807, 2.05) is 54.3 Å². The van der Waals surface area contributed by atoms with E-state index in [2.05, 4.69) is 0 Å². The molecule has 1 amide bonds. The van der Waals surface area contributed by atoms with Gasteiger partial charge in [-0.15, -0.1) is 0 Å². The summed E-state index contributed by atoms with van der Waals surface area (Å²) in [7, 11) is 0. The Hall–Kier alpha value is -2.30. The van der Waals surface area contributed by atoms with Gasteiger partial charge in [0, 0.05) is 24.0 Å². The number of halogens is 1. The minimum absolute atomic E-state index is 0.104. The van der Waals surface area contributed by atoms with E-state index in [4.69, 9.17) is 16.0 Å². The van der Waals surface area contributed by atoms with Crippen molar-refractivity contribution >= 4 is 28.5 Å². The van der Waals surface area contributed by atoms with Crippen molar-refractivity contribution in [2.75, 3.05) is 13.1 Å². The molecule has 0 aliphatic carbocycles. The van der Waals surface area contributed by atoms with Crippen LogP contribution in [0.2, 0.25) is 5.02 Å². The molecule has 4 rings (SSSR count). The van der Waals surface area contributed by atoms with Gasteiger partial charge in [-0.3, -0.25) is 4.79 Å². The van der Waals surface area contributed by atoms with Gasteiger partial charge in [0.05, 0.1) is 11.1 Å². The van der Waals surface area contributed by atoms with Gasteiger partial charge in [-0.1, -0.05) is 54.1 Å². The lowest BCUT2D eigenvalue weighted by Crippen LogP contribution is -2.39. The Balaban J connectivity index is 1.48. The molecule has 1 N–H and O–H groups in total. The number of para-hydroxylation sites is 1. The van der Waals surface area contributed by atoms with Crippen LogP contribution in [0.15, 0.2) is 52.9 Å². The second-order valence-electron chi connectivity index (χ2n) is 7.16. The van der Waals surface area contributed by atoms with Crippen molar-refractivity contribution in [3.63, 3.8) is 0 Å². The van der Waals surface area contributed by atoms with Gasteiger partial charge < -0.3 is 14.4 Å². The molecule has 1 fully saturated rings. The number of carbonyl (C=O) groups is 1. The number of benzene rings is 2. The number of furan rings is 1. The third kappa shape index (κ3) is 3.35. The molecular weight excluding hydrogens is 362 g/mol. The van der Waals surface area contributed by atoms with Crippen molar-refractivity contribution < 1.29 is 14.3 Å². The number of hydrogen-bond acceptors (Lipinski definition) is 3. The molecule has 1 aliphatic rings. The quantitative estimate of drug-likeness (QED) is 0.693. The summed E-state index contributed by atoms with van der Waals surface area (Å²) in [5.74, 6) is 0.412. The standard InChI is InChI=1S/C22H22ClNO3/c1-14-17-8-5-9-18(23)21(17)27-20(14)22(26)24-12-10-16(11-13-24)19(25)15-6-3-2-4-7-15/h2-9,16,19,25H,10-13H2,1H3. The zero-order valence-corrected chi connectivity index (χ0v) is 15.9.